The summed E-state index contributed by atoms with van der Waals surface area (Å²) >= 11 is 0. The molecule has 0 amide bonds. The van der Waals surface area contributed by atoms with Gasteiger partial charge in [-0.15, -0.1) is 0 Å². The highest BCUT2D eigenvalue weighted by atomic mass is 32.2. The third kappa shape index (κ3) is 4.36. The van der Waals surface area contributed by atoms with E-state index >= 15 is 0 Å². The average Bonchev–Trinajstić information content (AvgIpc) is 3.18. The monoisotopic (exact) mass is 444 g/mol. The number of hydrogen-bond acceptors (Lipinski definition) is 5. The maximum Gasteiger partial charge on any atom is 0.157 e. The normalized spacial score (nSPS) is 16.2. The lowest BCUT2D eigenvalue weighted by atomic mass is 9.90. The van der Waals surface area contributed by atoms with Gasteiger partial charge in [0.05, 0.1) is 0 Å². The number of hydrogen-bond donors (Lipinski definition) is 0. The molecule has 0 radical (unpaired) electrons. The van der Waals surface area contributed by atoms with Crippen LogP contribution in [0.15, 0.2) is 54.9 Å². The minimum Gasteiger partial charge on any atom is -0.489 e. The van der Waals surface area contributed by atoms with Gasteiger partial charge in [0, 0.05) is 43.6 Å². The molecule has 0 aliphatic carbocycles. The summed E-state index contributed by atoms with van der Waals surface area (Å²) < 4.78 is 51.7. The van der Waals surface area contributed by atoms with Crippen molar-refractivity contribution in [2.75, 3.05) is 19.5 Å². The molecule has 0 N–H and O–H groups in total. The van der Waals surface area contributed by atoms with Gasteiger partial charge >= 0.3 is 0 Å². The minimum atomic E-state index is -3.48. The smallest absolute Gasteiger partial charge is 0.157 e. The Hall–Kier alpha value is -2.71. The van der Waals surface area contributed by atoms with E-state index in [0.29, 0.717) is 37.4 Å². The molecule has 8 heteroatoms. The van der Waals surface area contributed by atoms with E-state index in [1.807, 2.05) is 42.0 Å². The van der Waals surface area contributed by atoms with Gasteiger partial charge in [-0.25, -0.2) is 17.8 Å². The fourth-order valence-corrected chi connectivity index (χ4v) is 5.51. The molecular formula is C23H25FN2O4S. The van der Waals surface area contributed by atoms with E-state index < -0.39 is 20.4 Å². The molecule has 1 aliphatic heterocycles. The fourth-order valence-electron chi connectivity index (χ4n) is 4.05. The zero-order valence-electron chi connectivity index (χ0n) is 17.5. The first-order valence-corrected chi connectivity index (χ1v) is 12.0. The summed E-state index contributed by atoms with van der Waals surface area (Å²) in [6.45, 7) is 2.81. The lowest BCUT2D eigenvalue weighted by Crippen LogP contribution is -2.40. The highest BCUT2D eigenvalue weighted by molar-refractivity contribution is 7.91. The van der Waals surface area contributed by atoms with Crippen LogP contribution >= 0.6 is 0 Å². The number of imidazole rings is 1. The van der Waals surface area contributed by atoms with Crippen molar-refractivity contribution in [1.82, 2.24) is 9.55 Å². The predicted molar refractivity (Wildman–Crippen MR) is 116 cm³/mol. The third-order valence-electron chi connectivity index (χ3n) is 5.85. The van der Waals surface area contributed by atoms with Crippen molar-refractivity contribution in [2.24, 2.45) is 0 Å². The highest BCUT2D eigenvalue weighted by Gasteiger charge is 2.44. The summed E-state index contributed by atoms with van der Waals surface area (Å²) in [6, 6.07) is 12.0. The molecule has 164 valence electrons. The van der Waals surface area contributed by atoms with Crippen LogP contribution in [-0.2, 0) is 25.9 Å². The molecule has 6 nitrogen and oxygen atoms in total. The molecule has 1 aromatic heterocycles. The van der Waals surface area contributed by atoms with Gasteiger partial charge in [-0.05, 0) is 55.2 Å². The van der Waals surface area contributed by atoms with Crippen molar-refractivity contribution in [3.8, 4) is 11.4 Å². The van der Waals surface area contributed by atoms with Crippen LogP contribution in [0, 0.1) is 12.7 Å². The van der Waals surface area contributed by atoms with E-state index in [1.54, 1.807) is 12.3 Å². The molecule has 0 spiro atoms. The van der Waals surface area contributed by atoms with E-state index in [0.717, 1.165) is 17.1 Å². The molecule has 0 bridgehead atoms. The summed E-state index contributed by atoms with van der Waals surface area (Å²) in [6.07, 6.45) is 5.43. The van der Waals surface area contributed by atoms with Gasteiger partial charge in [0.1, 0.15) is 28.7 Å². The number of aromatic nitrogens is 2. The molecule has 4 rings (SSSR count). The van der Waals surface area contributed by atoms with E-state index in [-0.39, 0.29) is 6.61 Å². The number of halogens is 1. The van der Waals surface area contributed by atoms with Crippen LogP contribution in [-0.4, -0.2) is 37.4 Å². The van der Waals surface area contributed by atoms with Gasteiger partial charge in [-0.2, -0.15) is 0 Å². The number of benzene rings is 2. The predicted octanol–water partition coefficient (Wildman–Crippen LogP) is 3.95. The van der Waals surface area contributed by atoms with Crippen molar-refractivity contribution in [3.05, 3.63) is 77.6 Å². The van der Waals surface area contributed by atoms with Crippen molar-refractivity contribution in [2.45, 2.75) is 31.1 Å². The molecule has 3 aromatic rings. The largest absolute Gasteiger partial charge is 0.489 e. The van der Waals surface area contributed by atoms with E-state index in [9.17, 15) is 12.8 Å². The maximum absolute atomic E-state index is 14.4. The summed E-state index contributed by atoms with van der Waals surface area (Å²) in [7, 11) is -3.48. The van der Waals surface area contributed by atoms with Crippen LogP contribution in [0.1, 0.15) is 29.8 Å². The van der Waals surface area contributed by atoms with Crippen molar-refractivity contribution >= 4 is 9.84 Å². The van der Waals surface area contributed by atoms with Gasteiger partial charge in [0.2, 0.25) is 0 Å². The summed E-state index contributed by atoms with van der Waals surface area (Å²) in [4.78, 5) is 4.22. The molecular weight excluding hydrogens is 419 g/mol. The number of rotatable bonds is 6. The van der Waals surface area contributed by atoms with Crippen LogP contribution in [0.25, 0.3) is 5.69 Å². The first-order valence-electron chi connectivity index (χ1n) is 10.1. The Morgan fingerprint density at radius 2 is 1.87 bits per heavy atom. The van der Waals surface area contributed by atoms with Gasteiger partial charge in [0.15, 0.2) is 9.84 Å². The van der Waals surface area contributed by atoms with Gasteiger partial charge in [-0.1, -0.05) is 12.1 Å². The molecule has 0 saturated carbocycles. The zero-order valence-corrected chi connectivity index (χ0v) is 18.4. The molecule has 31 heavy (non-hydrogen) atoms. The quantitative estimate of drug-likeness (QED) is 0.576. The van der Waals surface area contributed by atoms with Crippen LogP contribution in [0.3, 0.4) is 0 Å². The summed E-state index contributed by atoms with van der Waals surface area (Å²) in [5, 5.41) is 0. The highest BCUT2D eigenvalue weighted by Crippen LogP contribution is 2.41. The Kier molecular flexibility index (Phi) is 5.85. The molecule has 1 saturated heterocycles. The molecule has 1 fully saturated rings. The third-order valence-corrected chi connectivity index (χ3v) is 7.92. The first-order chi connectivity index (χ1) is 14.8. The van der Waals surface area contributed by atoms with Crippen LogP contribution in [0.4, 0.5) is 4.39 Å². The van der Waals surface area contributed by atoms with E-state index in [2.05, 4.69) is 4.98 Å². The van der Waals surface area contributed by atoms with Crippen LogP contribution in [0.2, 0.25) is 0 Å². The fraction of sp³-hybridized carbons (Fsp3) is 0.348. The Balaban J connectivity index is 1.55. The first kappa shape index (κ1) is 21.5. The number of aryl methyl sites for hydroxylation is 1. The second kappa shape index (κ2) is 8.43. The number of ether oxygens (including phenoxy) is 2. The second-order valence-electron chi connectivity index (χ2n) is 7.85. The Morgan fingerprint density at radius 3 is 2.48 bits per heavy atom. The second-order valence-corrected chi connectivity index (χ2v) is 10.2. The van der Waals surface area contributed by atoms with Crippen LogP contribution < -0.4 is 4.74 Å². The van der Waals surface area contributed by atoms with Crippen molar-refractivity contribution in [1.29, 1.82) is 0 Å². The summed E-state index contributed by atoms with van der Waals surface area (Å²) in [5.74, 6) is 0.677. The molecule has 0 atom stereocenters. The molecule has 0 unspecified atom stereocenters. The lowest BCUT2D eigenvalue weighted by Gasteiger charge is -2.36. The zero-order chi connectivity index (χ0) is 22.1. The van der Waals surface area contributed by atoms with E-state index in [4.69, 9.17) is 9.47 Å². The molecule has 1 aliphatic rings. The molecule has 2 heterocycles. The lowest BCUT2D eigenvalue weighted by molar-refractivity contribution is 0.0740. The minimum absolute atomic E-state index is 0.237. The summed E-state index contributed by atoms with van der Waals surface area (Å²) in [5.41, 5.74) is 2.32. The maximum atomic E-state index is 14.4. The SMILES string of the molecule is Cc1nccn1-c1ccc(COc2cc(F)cc(C3(S(C)(=O)=O)CCOCC3)c2)cc1. The topological polar surface area (TPSA) is 70.4 Å². The van der Waals surface area contributed by atoms with Crippen molar-refractivity contribution < 1.29 is 22.3 Å². The number of sulfone groups is 1. The Bertz CT molecular complexity index is 1170. The van der Waals surface area contributed by atoms with E-state index in [1.165, 1.54) is 18.4 Å². The van der Waals surface area contributed by atoms with Crippen molar-refractivity contribution in [3.63, 3.8) is 0 Å². The Labute approximate surface area is 181 Å². The average molecular weight is 445 g/mol. The van der Waals surface area contributed by atoms with Gasteiger partial charge < -0.3 is 14.0 Å². The molecule has 2 aromatic carbocycles. The van der Waals surface area contributed by atoms with Crippen LogP contribution in [0.5, 0.6) is 5.75 Å². The number of nitrogens with zero attached hydrogens (tertiary/aromatic N) is 2. The van der Waals surface area contributed by atoms with Gasteiger partial charge in [-0.3, -0.25) is 0 Å². The Morgan fingerprint density at radius 1 is 1.16 bits per heavy atom. The standard InChI is InChI=1S/C23H25FN2O4S/c1-17-25-9-10-26(17)21-5-3-18(4-6-21)16-30-22-14-19(13-20(24)15-22)23(31(2,27)28)7-11-29-12-8-23/h3-6,9-10,13-15H,7-8,11-12,16H2,1-2H3. The van der Waals surface area contributed by atoms with Gasteiger partial charge in [0.25, 0.3) is 0 Å².